The van der Waals surface area contributed by atoms with Gasteiger partial charge in [-0.1, -0.05) is 86.5 Å². The molecule has 194 valence electrons. The molecule has 4 aromatic carbocycles. The van der Waals surface area contributed by atoms with E-state index in [2.05, 4.69) is 43.3 Å². The van der Waals surface area contributed by atoms with E-state index in [0.29, 0.717) is 0 Å². The maximum absolute atomic E-state index is 14.3. The van der Waals surface area contributed by atoms with E-state index >= 15 is 0 Å². The van der Waals surface area contributed by atoms with Crippen LogP contribution in [0.25, 0.3) is 22.3 Å². The molecular formula is C33H30F2O3. The zero-order chi connectivity index (χ0) is 26.9. The number of rotatable bonds is 10. The molecule has 0 fully saturated rings. The highest BCUT2D eigenvalue weighted by atomic mass is 19.2. The summed E-state index contributed by atoms with van der Waals surface area (Å²) in [5, 5.41) is 0. The van der Waals surface area contributed by atoms with Crippen LogP contribution < -0.4 is 9.47 Å². The lowest BCUT2D eigenvalue weighted by Crippen LogP contribution is -2.10. The van der Waals surface area contributed by atoms with Gasteiger partial charge < -0.3 is 9.47 Å². The van der Waals surface area contributed by atoms with E-state index in [1.165, 1.54) is 48.8 Å². The van der Waals surface area contributed by atoms with Crippen molar-refractivity contribution < 1.29 is 23.0 Å². The second-order valence-electron chi connectivity index (χ2n) is 8.98. The Bertz CT molecular complexity index is 1390. The Balaban J connectivity index is 1.41. The molecule has 0 N–H and O–H groups in total. The zero-order valence-corrected chi connectivity index (χ0v) is 21.5. The van der Waals surface area contributed by atoms with Gasteiger partial charge in [-0.05, 0) is 71.8 Å². The van der Waals surface area contributed by atoms with Crippen molar-refractivity contribution in [3.05, 3.63) is 120 Å². The van der Waals surface area contributed by atoms with Crippen molar-refractivity contribution in [3.8, 4) is 33.8 Å². The van der Waals surface area contributed by atoms with E-state index in [0.717, 1.165) is 29.2 Å². The van der Waals surface area contributed by atoms with E-state index in [9.17, 15) is 13.6 Å². The van der Waals surface area contributed by atoms with Crippen molar-refractivity contribution in [1.29, 1.82) is 0 Å². The molecule has 5 heteroatoms. The number of ether oxygens (including phenoxy) is 2. The quantitative estimate of drug-likeness (QED) is 0.0920. The molecule has 0 aliphatic heterocycles. The standard InChI is InChI=1S/C33H30F2O3/c1-3-5-6-7-23-8-10-24(11-9-23)25-12-14-26(15-13-25)27-16-18-28(19-17-27)33(36)38-30-21-20-29(37-22-4-2)31(34)32(30)35/h4,8-22H,3,5-7H2,1-2H3/b22-4+. The van der Waals surface area contributed by atoms with Gasteiger partial charge in [0.25, 0.3) is 0 Å². The van der Waals surface area contributed by atoms with Gasteiger partial charge in [-0.2, -0.15) is 8.78 Å². The number of hydrogen-bond donors (Lipinski definition) is 0. The predicted molar refractivity (Wildman–Crippen MR) is 147 cm³/mol. The maximum Gasteiger partial charge on any atom is 0.343 e. The Labute approximate surface area is 222 Å². The number of aryl methyl sites for hydroxylation is 1. The zero-order valence-electron chi connectivity index (χ0n) is 21.5. The minimum absolute atomic E-state index is 0.221. The van der Waals surface area contributed by atoms with Gasteiger partial charge in [-0.15, -0.1) is 0 Å². The molecule has 38 heavy (non-hydrogen) atoms. The van der Waals surface area contributed by atoms with Crippen molar-refractivity contribution >= 4 is 5.97 Å². The lowest BCUT2D eigenvalue weighted by atomic mass is 9.98. The molecule has 3 nitrogen and oxygen atoms in total. The van der Waals surface area contributed by atoms with Gasteiger partial charge in [0, 0.05) is 0 Å². The number of benzene rings is 4. The first-order valence-corrected chi connectivity index (χ1v) is 12.8. The summed E-state index contributed by atoms with van der Waals surface area (Å²) in [7, 11) is 0. The summed E-state index contributed by atoms with van der Waals surface area (Å²) in [5.74, 6) is -4.10. The van der Waals surface area contributed by atoms with Crippen molar-refractivity contribution in [2.24, 2.45) is 0 Å². The number of halogens is 2. The fraction of sp³-hybridized carbons (Fsp3) is 0.182. The summed E-state index contributed by atoms with van der Waals surface area (Å²) in [6.07, 6.45) is 7.57. The van der Waals surface area contributed by atoms with Crippen molar-refractivity contribution in [3.63, 3.8) is 0 Å². The molecule has 4 rings (SSSR count). The third kappa shape index (κ3) is 6.54. The Hall–Kier alpha value is -4.25. The fourth-order valence-electron chi connectivity index (χ4n) is 4.08. The van der Waals surface area contributed by atoms with E-state index in [-0.39, 0.29) is 11.3 Å². The van der Waals surface area contributed by atoms with Crippen molar-refractivity contribution in [2.45, 2.75) is 39.5 Å². The third-order valence-electron chi connectivity index (χ3n) is 6.24. The van der Waals surface area contributed by atoms with Gasteiger partial charge in [-0.3, -0.25) is 0 Å². The van der Waals surface area contributed by atoms with Gasteiger partial charge in [0.2, 0.25) is 11.6 Å². The fourth-order valence-corrected chi connectivity index (χ4v) is 4.08. The first kappa shape index (κ1) is 26.8. The van der Waals surface area contributed by atoms with Crippen LogP contribution in [0.5, 0.6) is 11.5 Å². The van der Waals surface area contributed by atoms with Gasteiger partial charge >= 0.3 is 5.97 Å². The molecular weight excluding hydrogens is 482 g/mol. The number of unbranched alkanes of at least 4 members (excludes halogenated alkanes) is 2. The number of allylic oxidation sites excluding steroid dienone is 1. The number of esters is 1. The molecule has 0 saturated carbocycles. The largest absolute Gasteiger partial charge is 0.462 e. The van der Waals surface area contributed by atoms with E-state index in [1.807, 2.05) is 12.1 Å². The Morgan fingerprint density at radius 2 is 1.21 bits per heavy atom. The molecule has 4 aromatic rings. The average molecular weight is 513 g/mol. The summed E-state index contributed by atoms with van der Waals surface area (Å²) < 4.78 is 38.6. The number of hydrogen-bond acceptors (Lipinski definition) is 3. The Morgan fingerprint density at radius 3 is 1.76 bits per heavy atom. The second kappa shape index (κ2) is 12.8. The molecule has 0 bridgehead atoms. The highest BCUT2D eigenvalue weighted by Gasteiger charge is 2.19. The van der Waals surface area contributed by atoms with E-state index < -0.39 is 23.4 Å². The van der Waals surface area contributed by atoms with E-state index in [1.54, 1.807) is 31.2 Å². The number of carbonyl (C=O) groups excluding carboxylic acids is 1. The molecule has 0 aliphatic rings. The minimum Gasteiger partial charge on any atom is -0.462 e. The van der Waals surface area contributed by atoms with Crippen LogP contribution in [0.2, 0.25) is 0 Å². The molecule has 0 aromatic heterocycles. The third-order valence-corrected chi connectivity index (χ3v) is 6.24. The summed E-state index contributed by atoms with van der Waals surface area (Å²) in [6.45, 7) is 3.89. The van der Waals surface area contributed by atoms with Crippen LogP contribution in [0.4, 0.5) is 8.78 Å². The first-order valence-electron chi connectivity index (χ1n) is 12.8. The summed E-state index contributed by atoms with van der Waals surface area (Å²) in [6, 6.07) is 26.1. The van der Waals surface area contributed by atoms with Crippen LogP contribution >= 0.6 is 0 Å². The smallest absolute Gasteiger partial charge is 0.343 e. The number of carbonyl (C=O) groups is 1. The highest BCUT2D eigenvalue weighted by Crippen LogP contribution is 2.29. The second-order valence-corrected chi connectivity index (χ2v) is 8.98. The van der Waals surface area contributed by atoms with E-state index in [4.69, 9.17) is 9.47 Å². The van der Waals surface area contributed by atoms with Gasteiger partial charge in [0.05, 0.1) is 11.8 Å². The Kier molecular flexibility index (Phi) is 9.04. The molecule has 0 aliphatic carbocycles. The van der Waals surface area contributed by atoms with Crippen LogP contribution in [0, 0.1) is 11.6 Å². The topological polar surface area (TPSA) is 35.5 Å². The first-order chi connectivity index (χ1) is 18.5. The normalized spacial score (nSPS) is 11.1. The summed E-state index contributed by atoms with van der Waals surface area (Å²) in [4.78, 5) is 12.5. The van der Waals surface area contributed by atoms with Gasteiger partial charge in [0.1, 0.15) is 0 Å². The molecule has 0 saturated heterocycles. The lowest BCUT2D eigenvalue weighted by molar-refractivity contribution is 0.0726. The molecule has 0 radical (unpaired) electrons. The van der Waals surface area contributed by atoms with Crippen LogP contribution in [0.3, 0.4) is 0 Å². The average Bonchev–Trinajstić information content (AvgIpc) is 2.96. The summed E-state index contributed by atoms with van der Waals surface area (Å²) >= 11 is 0. The van der Waals surface area contributed by atoms with Crippen molar-refractivity contribution in [2.75, 3.05) is 0 Å². The maximum atomic E-state index is 14.3. The van der Waals surface area contributed by atoms with Gasteiger partial charge in [0.15, 0.2) is 11.5 Å². The minimum atomic E-state index is -1.29. The van der Waals surface area contributed by atoms with Crippen LogP contribution in [0.15, 0.2) is 97.3 Å². The van der Waals surface area contributed by atoms with Gasteiger partial charge in [-0.25, -0.2) is 4.79 Å². The predicted octanol–water partition coefficient (Wildman–Crippen LogP) is 9.16. The molecule has 0 spiro atoms. The molecule has 0 amide bonds. The molecule has 0 heterocycles. The van der Waals surface area contributed by atoms with Crippen molar-refractivity contribution in [1.82, 2.24) is 0 Å². The lowest BCUT2D eigenvalue weighted by Gasteiger charge is -2.09. The monoisotopic (exact) mass is 512 g/mol. The molecule has 0 unspecified atom stereocenters. The SMILES string of the molecule is C/C=C/Oc1ccc(OC(=O)c2ccc(-c3ccc(-c4ccc(CCCCC)cc4)cc3)cc2)c(F)c1F. The van der Waals surface area contributed by atoms with Crippen LogP contribution in [-0.4, -0.2) is 5.97 Å². The van der Waals surface area contributed by atoms with Crippen LogP contribution in [0.1, 0.15) is 49.0 Å². The van der Waals surface area contributed by atoms with Crippen LogP contribution in [-0.2, 0) is 6.42 Å². The Morgan fingerprint density at radius 1 is 0.711 bits per heavy atom. The molecule has 0 atom stereocenters. The highest BCUT2D eigenvalue weighted by molar-refractivity contribution is 5.91. The summed E-state index contributed by atoms with van der Waals surface area (Å²) in [5.41, 5.74) is 5.79.